The second-order valence-electron chi connectivity index (χ2n) is 9.16. The summed E-state index contributed by atoms with van der Waals surface area (Å²) in [6.07, 6.45) is 1.07. The molecule has 0 saturated carbocycles. The second kappa shape index (κ2) is 7.39. The number of sulfonamides is 1. The van der Waals surface area contributed by atoms with Crippen molar-refractivity contribution >= 4 is 21.6 Å². The smallest absolute Gasteiger partial charge is 0.272 e. The number of para-hydroxylation sites is 1. The van der Waals surface area contributed by atoms with Crippen LogP contribution in [0.15, 0.2) is 35.2 Å². The molecular formula is C21H29N5O3S. The molecule has 2 N–H and O–H groups in total. The Bertz CT molecular complexity index is 1060. The van der Waals surface area contributed by atoms with E-state index in [1.54, 1.807) is 29.9 Å². The standard InChI is InChI=1S/C21H29N5O3S/c1-21(2,3)18-13-16(25(4)23-18)20(27)26-11-9-14(10-12-26)19-22-15-7-5-6-8-17(15)30(28,29)24-19/h5-8,13-14,19,22,24H,9-12H2,1-4H3. The molecule has 0 bridgehead atoms. The van der Waals surface area contributed by atoms with Crippen LogP contribution in [0.5, 0.6) is 0 Å². The zero-order valence-corrected chi connectivity index (χ0v) is 18.7. The normalized spacial score (nSPS) is 21.7. The molecule has 1 aromatic heterocycles. The van der Waals surface area contributed by atoms with E-state index in [-0.39, 0.29) is 28.3 Å². The molecule has 3 heterocycles. The Hall–Kier alpha value is -2.39. The van der Waals surface area contributed by atoms with Crippen LogP contribution in [0.25, 0.3) is 0 Å². The zero-order valence-electron chi connectivity index (χ0n) is 17.8. The molecule has 1 saturated heterocycles. The lowest BCUT2D eigenvalue weighted by atomic mass is 9.92. The van der Waals surface area contributed by atoms with Gasteiger partial charge in [-0.05, 0) is 37.0 Å². The van der Waals surface area contributed by atoms with Crippen molar-refractivity contribution in [3.63, 3.8) is 0 Å². The number of aryl methyl sites for hydroxylation is 1. The maximum atomic E-state index is 13.0. The van der Waals surface area contributed by atoms with Gasteiger partial charge in [-0.15, -0.1) is 0 Å². The molecule has 9 heteroatoms. The van der Waals surface area contributed by atoms with Gasteiger partial charge in [0.1, 0.15) is 10.6 Å². The molecule has 8 nitrogen and oxygen atoms in total. The highest BCUT2D eigenvalue weighted by Crippen LogP contribution is 2.31. The van der Waals surface area contributed by atoms with Crippen molar-refractivity contribution in [2.24, 2.45) is 13.0 Å². The van der Waals surface area contributed by atoms with Crippen LogP contribution < -0.4 is 10.0 Å². The minimum Gasteiger partial charge on any atom is -0.368 e. The number of hydrogen-bond acceptors (Lipinski definition) is 5. The third-order valence-electron chi connectivity index (χ3n) is 5.94. The number of nitrogens with zero attached hydrogens (tertiary/aromatic N) is 3. The number of benzene rings is 1. The largest absolute Gasteiger partial charge is 0.368 e. The maximum absolute atomic E-state index is 13.0. The summed E-state index contributed by atoms with van der Waals surface area (Å²) in [5.74, 6) is 0.0790. The SMILES string of the molecule is Cn1nc(C(C)(C)C)cc1C(=O)N1CCC(C2Nc3ccccc3S(=O)(=O)N2)CC1. The van der Waals surface area contributed by atoms with Gasteiger partial charge in [-0.25, -0.2) is 8.42 Å². The van der Waals surface area contributed by atoms with Gasteiger partial charge in [0.25, 0.3) is 5.91 Å². The Morgan fingerprint density at radius 3 is 2.47 bits per heavy atom. The average molecular weight is 432 g/mol. The van der Waals surface area contributed by atoms with E-state index in [2.05, 4.69) is 35.9 Å². The highest BCUT2D eigenvalue weighted by molar-refractivity contribution is 7.89. The van der Waals surface area contributed by atoms with E-state index < -0.39 is 10.0 Å². The highest BCUT2D eigenvalue weighted by atomic mass is 32.2. The Labute approximate surface area is 177 Å². The van der Waals surface area contributed by atoms with Crippen molar-refractivity contribution in [3.8, 4) is 0 Å². The van der Waals surface area contributed by atoms with E-state index in [0.717, 1.165) is 18.5 Å². The maximum Gasteiger partial charge on any atom is 0.272 e. The van der Waals surface area contributed by atoms with Crippen LogP contribution in [-0.4, -0.2) is 48.3 Å². The lowest BCUT2D eigenvalue weighted by Crippen LogP contribution is -2.52. The third kappa shape index (κ3) is 3.83. The average Bonchev–Trinajstić information content (AvgIpc) is 3.09. The van der Waals surface area contributed by atoms with Crippen molar-refractivity contribution in [1.82, 2.24) is 19.4 Å². The summed E-state index contributed by atoms with van der Waals surface area (Å²) >= 11 is 0. The summed E-state index contributed by atoms with van der Waals surface area (Å²) in [4.78, 5) is 15.2. The number of anilines is 1. The first-order valence-corrected chi connectivity index (χ1v) is 11.8. The number of hydrogen-bond donors (Lipinski definition) is 2. The third-order valence-corrected chi connectivity index (χ3v) is 7.43. The van der Waals surface area contributed by atoms with Gasteiger partial charge in [-0.2, -0.15) is 9.82 Å². The van der Waals surface area contributed by atoms with Gasteiger partial charge in [0.05, 0.1) is 17.5 Å². The number of likely N-dealkylation sites (tertiary alicyclic amines) is 1. The fourth-order valence-electron chi connectivity index (χ4n) is 4.09. The first-order valence-electron chi connectivity index (χ1n) is 10.3. The fourth-order valence-corrected chi connectivity index (χ4v) is 5.48. The predicted octanol–water partition coefficient (Wildman–Crippen LogP) is 2.30. The van der Waals surface area contributed by atoms with Gasteiger partial charge in [0, 0.05) is 25.6 Å². The van der Waals surface area contributed by atoms with Crippen LogP contribution in [-0.2, 0) is 22.5 Å². The van der Waals surface area contributed by atoms with Crippen molar-refractivity contribution in [3.05, 3.63) is 41.7 Å². The van der Waals surface area contributed by atoms with Crippen molar-refractivity contribution in [2.45, 2.75) is 50.1 Å². The second-order valence-corrected chi connectivity index (χ2v) is 10.8. The van der Waals surface area contributed by atoms with Crippen LogP contribution in [0.2, 0.25) is 0 Å². The van der Waals surface area contributed by atoms with Gasteiger partial charge >= 0.3 is 0 Å². The molecule has 0 spiro atoms. The van der Waals surface area contributed by atoms with Crippen LogP contribution >= 0.6 is 0 Å². The number of nitrogens with one attached hydrogen (secondary N) is 2. The summed E-state index contributed by atoms with van der Waals surface area (Å²) in [6, 6.07) is 8.80. The lowest BCUT2D eigenvalue weighted by molar-refractivity contribution is 0.0668. The number of aromatic nitrogens is 2. The molecule has 2 aromatic rings. The topological polar surface area (TPSA) is 96.3 Å². The summed E-state index contributed by atoms with van der Waals surface area (Å²) < 4.78 is 29.6. The van der Waals surface area contributed by atoms with Gasteiger partial charge in [-0.3, -0.25) is 9.48 Å². The molecule has 30 heavy (non-hydrogen) atoms. The molecular weight excluding hydrogens is 402 g/mol. The molecule has 0 radical (unpaired) electrons. The number of carbonyl (C=O) groups excluding carboxylic acids is 1. The molecule has 1 fully saturated rings. The van der Waals surface area contributed by atoms with E-state index in [9.17, 15) is 13.2 Å². The Balaban J connectivity index is 1.44. The molecule has 2 aliphatic rings. The van der Waals surface area contributed by atoms with Crippen LogP contribution in [0.1, 0.15) is 49.8 Å². The molecule has 1 aromatic carbocycles. The van der Waals surface area contributed by atoms with Gasteiger partial charge < -0.3 is 10.2 Å². The summed E-state index contributed by atoms with van der Waals surface area (Å²) in [5.41, 5.74) is 1.99. The Morgan fingerprint density at radius 1 is 1.17 bits per heavy atom. The van der Waals surface area contributed by atoms with E-state index in [1.165, 1.54) is 0 Å². The number of rotatable bonds is 2. The molecule has 162 valence electrons. The first kappa shape index (κ1) is 20.9. The van der Waals surface area contributed by atoms with Crippen LogP contribution in [0, 0.1) is 5.92 Å². The summed E-state index contributed by atoms with van der Waals surface area (Å²) in [5, 5.41) is 7.83. The Kier molecular flexibility index (Phi) is 5.14. The van der Waals surface area contributed by atoms with E-state index in [4.69, 9.17) is 0 Å². The number of carbonyl (C=O) groups is 1. The predicted molar refractivity (Wildman–Crippen MR) is 115 cm³/mol. The van der Waals surface area contributed by atoms with Crippen molar-refractivity contribution in [2.75, 3.05) is 18.4 Å². The van der Waals surface area contributed by atoms with E-state index >= 15 is 0 Å². The fraction of sp³-hybridized carbons (Fsp3) is 0.524. The van der Waals surface area contributed by atoms with Gasteiger partial charge in [-0.1, -0.05) is 32.9 Å². The molecule has 2 aliphatic heterocycles. The van der Waals surface area contributed by atoms with Gasteiger partial charge in [0.2, 0.25) is 10.0 Å². The van der Waals surface area contributed by atoms with E-state index in [1.807, 2.05) is 17.0 Å². The van der Waals surface area contributed by atoms with E-state index in [0.29, 0.717) is 24.5 Å². The number of piperidine rings is 1. The quantitative estimate of drug-likeness (QED) is 0.761. The highest BCUT2D eigenvalue weighted by Gasteiger charge is 2.36. The number of fused-ring (bicyclic) bond motifs is 1. The number of amides is 1. The molecule has 0 aliphatic carbocycles. The van der Waals surface area contributed by atoms with Crippen LogP contribution in [0.4, 0.5) is 5.69 Å². The molecule has 1 amide bonds. The Morgan fingerprint density at radius 2 is 1.83 bits per heavy atom. The van der Waals surface area contributed by atoms with Gasteiger partial charge in [0.15, 0.2) is 0 Å². The van der Waals surface area contributed by atoms with Crippen molar-refractivity contribution in [1.29, 1.82) is 0 Å². The lowest BCUT2D eigenvalue weighted by Gasteiger charge is -2.38. The minimum atomic E-state index is -3.53. The van der Waals surface area contributed by atoms with Crippen molar-refractivity contribution < 1.29 is 13.2 Å². The molecule has 4 rings (SSSR count). The minimum absolute atomic E-state index is 0.0264. The van der Waals surface area contributed by atoms with Crippen LogP contribution in [0.3, 0.4) is 0 Å². The summed E-state index contributed by atoms with van der Waals surface area (Å²) in [7, 11) is -1.74. The summed E-state index contributed by atoms with van der Waals surface area (Å²) in [6.45, 7) is 7.39. The molecule has 1 atom stereocenters. The monoisotopic (exact) mass is 431 g/mol. The molecule has 1 unspecified atom stereocenters. The first-order chi connectivity index (χ1) is 14.1. The zero-order chi connectivity index (χ0) is 21.7.